The van der Waals surface area contributed by atoms with Crippen molar-refractivity contribution in [3.63, 3.8) is 0 Å². The molecule has 0 aliphatic heterocycles. The van der Waals surface area contributed by atoms with Gasteiger partial charge in [-0.2, -0.15) is 9.67 Å². The lowest BCUT2D eigenvalue weighted by Crippen LogP contribution is -2.17. The van der Waals surface area contributed by atoms with Crippen molar-refractivity contribution >= 4 is 23.2 Å². The predicted octanol–water partition coefficient (Wildman–Crippen LogP) is 4.32. The summed E-state index contributed by atoms with van der Waals surface area (Å²) >= 11 is 1.63. The SMILES string of the molecule is COc1ccc(-c2nc(NCc3cccs3)n(C(=O)c3cccc(OC)c3)n2)cc1. The van der Waals surface area contributed by atoms with Crippen LogP contribution in [-0.2, 0) is 6.54 Å². The first-order valence-electron chi connectivity index (χ1n) is 9.24. The average molecular weight is 420 g/mol. The highest BCUT2D eigenvalue weighted by molar-refractivity contribution is 7.09. The molecule has 0 fully saturated rings. The third kappa shape index (κ3) is 4.18. The minimum atomic E-state index is -0.296. The molecule has 0 radical (unpaired) electrons. The zero-order chi connectivity index (χ0) is 20.9. The highest BCUT2D eigenvalue weighted by atomic mass is 32.1. The number of thiophene rings is 1. The van der Waals surface area contributed by atoms with E-state index in [0.29, 0.717) is 29.6 Å². The lowest BCUT2D eigenvalue weighted by Gasteiger charge is -2.07. The molecule has 8 heteroatoms. The van der Waals surface area contributed by atoms with Crippen molar-refractivity contribution in [3.8, 4) is 22.9 Å². The van der Waals surface area contributed by atoms with Crippen LogP contribution in [0.2, 0.25) is 0 Å². The van der Waals surface area contributed by atoms with Crippen LogP contribution in [0, 0.1) is 0 Å². The van der Waals surface area contributed by atoms with Crippen LogP contribution in [0.3, 0.4) is 0 Å². The molecule has 0 unspecified atom stereocenters. The van der Waals surface area contributed by atoms with E-state index in [0.717, 1.165) is 16.2 Å². The van der Waals surface area contributed by atoms with Crippen LogP contribution >= 0.6 is 11.3 Å². The number of aromatic nitrogens is 3. The first kappa shape index (κ1) is 19.7. The quantitative estimate of drug-likeness (QED) is 0.480. The largest absolute Gasteiger partial charge is 0.497 e. The molecule has 1 N–H and O–H groups in total. The van der Waals surface area contributed by atoms with Crippen LogP contribution in [0.15, 0.2) is 66.0 Å². The minimum absolute atomic E-state index is 0.296. The maximum absolute atomic E-state index is 13.2. The fourth-order valence-corrected chi connectivity index (χ4v) is 3.53. The van der Waals surface area contributed by atoms with Crippen molar-refractivity contribution in [2.75, 3.05) is 19.5 Å². The summed E-state index contributed by atoms with van der Waals surface area (Å²) in [5.41, 5.74) is 1.24. The Balaban J connectivity index is 1.70. The van der Waals surface area contributed by atoms with Crippen molar-refractivity contribution < 1.29 is 14.3 Å². The first-order valence-corrected chi connectivity index (χ1v) is 10.1. The number of anilines is 1. The van der Waals surface area contributed by atoms with Crippen molar-refractivity contribution in [3.05, 3.63) is 76.5 Å². The third-order valence-corrected chi connectivity index (χ3v) is 5.34. The summed E-state index contributed by atoms with van der Waals surface area (Å²) in [6, 6.07) is 18.3. The second-order valence-corrected chi connectivity index (χ2v) is 7.40. The predicted molar refractivity (Wildman–Crippen MR) is 116 cm³/mol. The zero-order valence-electron chi connectivity index (χ0n) is 16.5. The molecule has 30 heavy (non-hydrogen) atoms. The van der Waals surface area contributed by atoms with E-state index >= 15 is 0 Å². The molecule has 0 amide bonds. The third-order valence-electron chi connectivity index (χ3n) is 4.47. The number of hydrogen-bond acceptors (Lipinski definition) is 7. The molecule has 0 bridgehead atoms. The van der Waals surface area contributed by atoms with Gasteiger partial charge in [0.05, 0.1) is 20.8 Å². The molecule has 2 heterocycles. The van der Waals surface area contributed by atoms with E-state index in [1.165, 1.54) is 4.68 Å². The van der Waals surface area contributed by atoms with Gasteiger partial charge in [0.25, 0.3) is 5.91 Å². The number of nitrogens with zero attached hydrogens (tertiary/aromatic N) is 3. The van der Waals surface area contributed by atoms with Gasteiger partial charge in [0, 0.05) is 16.0 Å². The Bertz CT molecular complexity index is 1140. The standard InChI is InChI=1S/C22H20N4O3S/c1-28-17-10-8-15(9-11-17)20-24-22(23-14-19-7-4-12-30-19)26(25-20)21(27)16-5-3-6-18(13-16)29-2/h3-13H,14H2,1-2H3,(H,23,24,25). The smallest absolute Gasteiger partial charge is 0.281 e. The van der Waals surface area contributed by atoms with E-state index in [-0.39, 0.29) is 5.91 Å². The summed E-state index contributed by atoms with van der Waals surface area (Å²) < 4.78 is 11.7. The monoisotopic (exact) mass is 420 g/mol. The zero-order valence-corrected chi connectivity index (χ0v) is 17.3. The van der Waals surface area contributed by atoms with E-state index in [9.17, 15) is 4.79 Å². The Labute approximate surface area is 177 Å². The second-order valence-electron chi connectivity index (χ2n) is 6.37. The lowest BCUT2D eigenvalue weighted by atomic mass is 10.2. The van der Waals surface area contributed by atoms with Crippen molar-refractivity contribution in [2.45, 2.75) is 6.54 Å². The topological polar surface area (TPSA) is 78.3 Å². The molecule has 4 rings (SSSR count). The summed E-state index contributed by atoms with van der Waals surface area (Å²) in [5.74, 6) is 1.87. The van der Waals surface area contributed by atoms with Gasteiger partial charge in [-0.05, 0) is 53.9 Å². The summed E-state index contributed by atoms with van der Waals surface area (Å²) in [6.45, 7) is 0.545. The maximum atomic E-state index is 13.2. The number of methoxy groups -OCH3 is 2. The Morgan fingerprint density at radius 2 is 1.83 bits per heavy atom. The Hall–Kier alpha value is -3.65. The van der Waals surface area contributed by atoms with Gasteiger partial charge in [0.2, 0.25) is 5.95 Å². The Morgan fingerprint density at radius 3 is 2.53 bits per heavy atom. The van der Waals surface area contributed by atoms with Crippen molar-refractivity contribution in [1.82, 2.24) is 14.8 Å². The number of ether oxygens (including phenoxy) is 2. The van der Waals surface area contributed by atoms with E-state index in [4.69, 9.17) is 9.47 Å². The van der Waals surface area contributed by atoms with Crippen LogP contribution in [0.5, 0.6) is 11.5 Å². The molecule has 2 aromatic carbocycles. The lowest BCUT2D eigenvalue weighted by molar-refractivity contribution is 0.0947. The van der Waals surface area contributed by atoms with Gasteiger partial charge in [0.15, 0.2) is 5.82 Å². The van der Waals surface area contributed by atoms with Gasteiger partial charge >= 0.3 is 0 Å². The van der Waals surface area contributed by atoms with E-state index in [1.807, 2.05) is 41.8 Å². The molecule has 0 aliphatic rings. The number of benzene rings is 2. The molecule has 0 spiro atoms. The maximum Gasteiger partial charge on any atom is 0.281 e. The normalized spacial score (nSPS) is 10.6. The van der Waals surface area contributed by atoms with Gasteiger partial charge in [-0.25, -0.2) is 0 Å². The van der Waals surface area contributed by atoms with Crippen LogP contribution in [0.25, 0.3) is 11.4 Å². The second kappa shape index (κ2) is 8.79. The molecule has 7 nitrogen and oxygen atoms in total. The van der Waals surface area contributed by atoms with Gasteiger partial charge in [-0.1, -0.05) is 12.1 Å². The molecule has 0 atom stereocenters. The molecule has 4 aromatic rings. The van der Waals surface area contributed by atoms with Crippen LogP contribution < -0.4 is 14.8 Å². The molecule has 0 saturated carbocycles. The molecule has 0 aliphatic carbocycles. The number of rotatable bonds is 7. The number of nitrogens with one attached hydrogen (secondary N) is 1. The number of carbonyl (C=O) groups is 1. The summed E-state index contributed by atoms with van der Waals surface area (Å²) in [4.78, 5) is 18.9. The van der Waals surface area contributed by atoms with E-state index in [2.05, 4.69) is 15.4 Å². The molecular weight excluding hydrogens is 400 g/mol. The highest BCUT2D eigenvalue weighted by Crippen LogP contribution is 2.23. The van der Waals surface area contributed by atoms with Crippen LogP contribution in [0.1, 0.15) is 15.2 Å². The number of hydrogen-bond donors (Lipinski definition) is 1. The van der Waals surface area contributed by atoms with Gasteiger partial charge in [-0.3, -0.25) is 4.79 Å². The van der Waals surface area contributed by atoms with Crippen molar-refractivity contribution in [2.24, 2.45) is 0 Å². The molecule has 2 aromatic heterocycles. The van der Waals surface area contributed by atoms with Crippen molar-refractivity contribution in [1.29, 1.82) is 0 Å². The summed E-state index contributed by atoms with van der Waals surface area (Å²) in [5, 5.41) is 9.72. The van der Waals surface area contributed by atoms with E-state index in [1.54, 1.807) is 49.8 Å². The molecule has 0 saturated heterocycles. The molecule has 152 valence electrons. The Morgan fingerprint density at radius 1 is 1.03 bits per heavy atom. The minimum Gasteiger partial charge on any atom is -0.497 e. The van der Waals surface area contributed by atoms with E-state index < -0.39 is 0 Å². The molecular formula is C22H20N4O3S. The Kier molecular flexibility index (Phi) is 5.76. The first-order chi connectivity index (χ1) is 14.7. The average Bonchev–Trinajstić information content (AvgIpc) is 3.47. The summed E-state index contributed by atoms with van der Waals surface area (Å²) in [6.07, 6.45) is 0. The van der Waals surface area contributed by atoms with Gasteiger partial charge in [-0.15, -0.1) is 16.4 Å². The fourth-order valence-electron chi connectivity index (χ4n) is 2.89. The number of carbonyl (C=O) groups excluding carboxylic acids is 1. The van der Waals surface area contributed by atoms with Crippen LogP contribution in [0.4, 0.5) is 5.95 Å². The van der Waals surface area contributed by atoms with Gasteiger partial charge in [0.1, 0.15) is 11.5 Å². The van der Waals surface area contributed by atoms with Gasteiger partial charge < -0.3 is 14.8 Å². The highest BCUT2D eigenvalue weighted by Gasteiger charge is 2.19. The summed E-state index contributed by atoms with van der Waals surface area (Å²) in [7, 11) is 3.18. The van der Waals surface area contributed by atoms with Crippen LogP contribution in [-0.4, -0.2) is 34.9 Å². The fraction of sp³-hybridized carbons (Fsp3) is 0.136.